The molecule has 1 heterocycles. The predicted octanol–water partition coefficient (Wildman–Crippen LogP) is 2.12. The van der Waals surface area contributed by atoms with E-state index >= 15 is 0 Å². The van der Waals surface area contributed by atoms with Crippen molar-refractivity contribution < 1.29 is 14.7 Å². The number of rotatable bonds is 5. The molecule has 2 N–H and O–H groups in total. The van der Waals surface area contributed by atoms with E-state index in [1.54, 1.807) is 24.3 Å². The molecule has 2 rings (SSSR count). The zero-order chi connectivity index (χ0) is 15.4. The fraction of sp³-hybridized carbons (Fsp3) is 0.500. The minimum atomic E-state index is -0.904. The third-order valence-electron chi connectivity index (χ3n) is 4.09. The average molecular weight is 290 g/mol. The third-order valence-corrected chi connectivity index (χ3v) is 4.09. The maximum atomic E-state index is 12.2. The Morgan fingerprint density at radius 1 is 1.24 bits per heavy atom. The van der Waals surface area contributed by atoms with Gasteiger partial charge in [-0.3, -0.25) is 14.5 Å². The normalized spacial score (nSPS) is 22.2. The Bertz CT molecular complexity index is 520. The Morgan fingerprint density at radius 3 is 2.48 bits per heavy atom. The minimum Gasteiger partial charge on any atom is -0.481 e. The topological polar surface area (TPSA) is 69.6 Å². The Kier molecular flexibility index (Phi) is 4.96. The third kappa shape index (κ3) is 4.04. The fourth-order valence-corrected chi connectivity index (χ4v) is 2.88. The van der Waals surface area contributed by atoms with Gasteiger partial charge in [0.25, 0.3) is 0 Å². The first-order chi connectivity index (χ1) is 9.97. The van der Waals surface area contributed by atoms with E-state index in [1.807, 2.05) is 0 Å². The number of amides is 1. The monoisotopic (exact) mass is 290 g/mol. The smallest absolute Gasteiger partial charge is 0.307 e. The van der Waals surface area contributed by atoms with Crippen LogP contribution in [0.15, 0.2) is 24.3 Å². The largest absolute Gasteiger partial charge is 0.481 e. The van der Waals surface area contributed by atoms with Crippen LogP contribution in [0.4, 0.5) is 5.69 Å². The number of carbonyl (C=O) groups excluding carboxylic acids is 1. The van der Waals surface area contributed by atoms with E-state index in [0.717, 1.165) is 12.8 Å². The second-order valence-corrected chi connectivity index (χ2v) is 5.72. The highest BCUT2D eigenvalue weighted by atomic mass is 16.4. The number of para-hydroxylation sites is 1. The van der Waals surface area contributed by atoms with Gasteiger partial charge in [-0.05, 0) is 38.3 Å². The van der Waals surface area contributed by atoms with E-state index in [0.29, 0.717) is 29.9 Å². The molecule has 1 fully saturated rings. The van der Waals surface area contributed by atoms with Crippen LogP contribution in [0.25, 0.3) is 0 Å². The number of carbonyl (C=O) groups is 2. The number of benzene rings is 1. The molecule has 21 heavy (non-hydrogen) atoms. The van der Waals surface area contributed by atoms with E-state index in [9.17, 15) is 9.59 Å². The van der Waals surface area contributed by atoms with Crippen LogP contribution in [-0.2, 0) is 16.0 Å². The number of aliphatic carboxylic acids is 1. The standard InChI is InChI=1S/C16H22N2O3/c1-11-7-8-12(2)18(11)10-15(19)17-14-6-4-3-5-13(14)9-16(20)21/h3-6,11-12H,7-10H2,1-2H3,(H,17,19)(H,20,21). The molecule has 114 valence electrons. The highest BCUT2D eigenvalue weighted by Gasteiger charge is 2.28. The van der Waals surface area contributed by atoms with Crippen LogP contribution < -0.4 is 5.32 Å². The van der Waals surface area contributed by atoms with E-state index in [-0.39, 0.29) is 12.3 Å². The van der Waals surface area contributed by atoms with Gasteiger partial charge in [0.15, 0.2) is 0 Å². The lowest BCUT2D eigenvalue weighted by Crippen LogP contribution is -2.39. The maximum Gasteiger partial charge on any atom is 0.307 e. The van der Waals surface area contributed by atoms with Gasteiger partial charge in [0, 0.05) is 17.8 Å². The van der Waals surface area contributed by atoms with Crippen molar-refractivity contribution in [3.63, 3.8) is 0 Å². The number of carboxylic acid groups (broad SMARTS) is 1. The molecular formula is C16H22N2O3. The molecule has 0 bridgehead atoms. The summed E-state index contributed by atoms with van der Waals surface area (Å²) < 4.78 is 0. The summed E-state index contributed by atoms with van der Waals surface area (Å²) in [6.07, 6.45) is 2.14. The van der Waals surface area contributed by atoms with Crippen molar-refractivity contribution in [2.75, 3.05) is 11.9 Å². The summed E-state index contributed by atoms with van der Waals surface area (Å²) in [6.45, 7) is 4.62. The van der Waals surface area contributed by atoms with Gasteiger partial charge < -0.3 is 10.4 Å². The Hall–Kier alpha value is -1.88. The molecule has 0 aromatic heterocycles. The second kappa shape index (κ2) is 6.72. The van der Waals surface area contributed by atoms with Crippen molar-refractivity contribution in [3.8, 4) is 0 Å². The van der Waals surface area contributed by atoms with E-state index < -0.39 is 5.97 Å². The number of carboxylic acids is 1. The number of hydrogen-bond acceptors (Lipinski definition) is 3. The van der Waals surface area contributed by atoms with E-state index in [1.165, 1.54) is 0 Å². The van der Waals surface area contributed by atoms with Crippen LogP contribution in [0.2, 0.25) is 0 Å². The van der Waals surface area contributed by atoms with E-state index in [4.69, 9.17) is 5.11 Å². The van der Waals surface area contributed by atoms with Crippen LogP contribution in [-0.4, -0.2) is 40.5 Å². The summed E-state index contributed by atoms with van der Waals surface area (Å²) in [5, 5.41) is 11.7. The molecule has 1 aromatic rings. The number of likely N-dealkylation sites (tertiary alicyclic amines) is 1. The molecule has 5 nitrogen and oxygen atoms in total. The van der Waals surface area contributed by atoms with Gasteiger partial charge in [-0.2, -0.15) is 0 Å². The Labute approximate surface area is 125 Å². The molecule has 2 atom stereocenters. The predicted molar refractivity (Wildman–Crippen MR) is 81.3 cm³/mol. The zero-order valence-corrected chi connectivity index (χ0v) is 12.5. The van der Waals surface area contributed by atoms with Gasteiger partial charge in [0.1, 0.15) is 0 Å². The van der Waals surface area contributed by atoms with Crippen LogP contribution >= 0.6 is 0 Å². The molecule has 0 radical (unpaired) electrons. The number of nitrogens with zero attached hydrogens (tertiary/aromatic N) is 1. The van der Waals surface area contributed by atoms with Crippen LogP contribution in [0.3, 0.4) is 0 Å². The first kappa shape index (κ1) is 15.5. The molecule has 0 spiro atoms. The molecule has 1 saturated heterocycles. The summed E-state index contributed by atoms with van der Waals surface area (Å²) in [4.78, 5) is 25.2. The van der Waals surface area contributed by atoms with Crippen molar-refractivity contribution >= 4 is 17.6 Å². The summed E-state index contributed by atoms with van der Waals surface area (Å²) >= 11 is 0. The number of hydrogen-bond donors (Lipinski definition) is 2. The molecule has 0 aliphatic carbocycles. The first-order valence-corrected chi connectivity index (χ1v) is 7.32. The van der Waals surface area contributed by atoms with Gasteiger partial charge in [-0.25, -0.2) is 0 Å². The highest BCUT2D eigenvalue weighted by molar-refractivity contribution is 5.93. The molecule has 5 heteroatoms. The van der Waals surface area contributed by atoms with Gasteiger partial charge >= 0.3 is 5.97 Å². The Balaban J connectivity index is 2.01. The molecule has 1 aliphatic rings. The quantitative estimate of drug-likeness (QED) is 0.871. The van der Waals surface area contributed by atoms with Crippen LogP contribution in [0.5, 0.6) is 0 Å². The van der Waals surface area contributed by atoms with Gasteiger partial charge in [-0.15, -0.1) is 0 Å². The van der Waals surface area contributed by atoms with Crippen LogP contribution in [0.1, 0.15) is 32.3 Å². The molecular weight excluding hydrogens is 268 g/mol. The van der Waals surface area contributed by atoms with Gasteiger partial charge in [0.05, 0.1) is 13.0 Å². The SMILES string of the molecule is CC1CCC(C)N1CC(=O)Nc1ccccc1CC(=O)O. The van der Waals surface area contributed by atoms with Gasteiger partial charge in [0.2, 0.25) is 5.91 Å². The molecule has 2 unspecified atom stereocenters. The van der Waals surface area contributed by atoms with Crippen LogP contribution in [0, 0.1) is 0 Å². The molecule has 1 aliphatic heterocycles. The van der Waals surface area contributed by atoms with Crippen molar-refractivity contribution in [2.45, 2.75) is 45.2 Å². The van der Waals surface area contributed by atoms with Crippen molar-refractivity contribution in [2.24, 2.45) is 0 Å². The van der Waals surface area contributed by atoms with E-state index in [2.05, 4.69) is 24.1 Å². The minimum absolute atomic E-state index is 0.0894. The zero-order valence-electron chi connectivity index (χ0n) is 12.5. The lowest BCUT2D eigenvalue weighted by Gasteiger charge is -2.25. The fourth-order valence-electron chi connectivity index (χ4n) is 2.88. The lowest BCUT2D eigenvalue weighted by molar-refractivity contribution is -0.136. The summed E-state index contributed by atoms with van der Waals surface area (Å²) in [5.41, 5.74) is 1.21. The van der Waals surface area contributed by atoms with Crippen molar-refractivity contribution in [1.29, 1.82) is 0 Å². The summed E-state index contributed by atoms with van der Waals surface area (Å²) in [5.74, 6) is -0.994. The summed E-state index contributed by atoms with van der Waals surface area (Å²) in [7, 11) is 0. The summed E-state index contributed by atoms with van der Waals surface area (Å²) in [6, 6.07) is 7.87. The molecule has 1 amide bonds. The van der Waals surface area contributed by atoms with Crippen molar-refractivity contribution in [3.05, 3.63) is 29.8 Å². The number of anilines is 1. The maximum absolute atomic E-state index is 12.2. The average Bonchev–Trinajstić information content (AvgIpc) is 2.72. The van der Waals surface area contributed by atoms with Crippen molar-refractivity contribution in [1.82, 2.24) is 4.90 Å². The molecule has 0 saturated carbocycles. The highest BCUT2D eigenvalue weighted by Crippen LogP contribution is 2.23. The first-order valence-electron chi connectivity index (χ1n) is 7.32. The number of nitrogens with one attached hydrogen (secondary N) is 1. The molecule has 1 aromatic carbocycles. The van der Waals surface area contributed by atoms with Gasteiger partial charge in [-0.1, -0.05) is 18.2 Å². The second-order valence-electron chi connectivity index (χ2n) is 5.72. The Morgan fingerprint density at radius 2 is 1.86 bits per heavy atom. The lowest BCUT2D eigenvalue weighted by atomic mass is 10.1.